The molecule has 6 heteroatoms. The lowest BCUT2D eigenvalue weighted by Crippen LogP contribution is -2.34. The topological polar surface area (TPSA) is 74.8 Å². The molecule has 3 aromatic rings. The fourth-order valence-corrected chi connectivity index (χ4v) is 4.04. The zero-order chi connectivity index (χ0) is 19.5. The number of aromatic amines is 1. The van der Waals surface area contributed by atoms with E-state index in [-0.39, 0.29) is 22.6 Å². The van der Waals surface area contributed by atoms with Crippen LogP contribution in [-0.2, 0) is 0 Å². The van der Waals surface area contributed by atoms with Crippen molar-refractivity contribution in [3.05, 3.63) is 75.8 Å². The molecule has 0 radical (unpaired) electrons. The van der Waals surface area contributed by atoms with Crippen LogP contribution in [0.15, 0.2) is 53.3 Å². The molecule has 2 aromatic carbocycles. The number of nitrogens with zero attached hydrogens (tertiary/aromatic N) is 1. The van der Waals surface area contributed by atoms with Gasteiger partial charge in [-0.2, -0.15) is 5.10 Å². The highest BCUT2D eigenvalue weighted by Crippen LogP contribution is 2.33. The van der Waals surface area contributed by atoms with Crippen LogP contribution in [0.5, 0.6) is 0 Å². The van der Waals surface area contributed by atoms with Gasteiger partial charge in [-0.3, -0.25) is 14.7 Å². The number of rotatable bonds is 5. The number of halogens is 1. The lowest BCUT2D eigenvalue weighted by atomic mass is 9.93. The Morgan fingerprint density at radius 2 is 1.89 bits per heavy atom. The molecule has 1 aromatic heterocycles. The van der Waals surface area contributed by atoms with E-state index in [0.29, 0.717) is 5.92 Å². The van der Waals surface area contributed by atoms with E-state index in [2.05, 4.69) is 15.5 Å². The van der Waals surface area contributed by atoms with E-state index in [1.807, 2.05) is 30.3 Å². The van der Waals surface area contributed by atoms with Crippen LogP contribution in [0, 0.1) is 11.7 Å². The molecule has 1 aliphatic rings. The Kier molecular flexibility index (Phi) is 5.19. The molecule has 0 bridgehead atoms. The molecule has 1 heterocycles. The number of para-hydroxylation sites is 1. The zero-order valence-electron chi connectivity index (χ0n) is 15.5. The summed E-state index contributed by atoms with van der Waals surface area (Å²) in [6, 6.07) is 13.8. The number of aromatic nitrogens is 2. The summed E-state index contributed by atoms with van der Waals surface area (Å²) in [5.74, 6) is -0.556. The van der Waals surface area contributed by atoms with E-state index in [1.165, 1.54) is 31.0 Å². The van der Waals surface area contributed by atoms with Crippen LogP contribution in [-0.4, -0.2) is 16.1 Å². The lowest BCUT2D eigenvalue weighted by molar-refractivity contribution is 0.0923. The highest BCUT2D eigenvalue weighted by Gasteiger charge is 2.25. The first-order chi connectivity index (χ1) is 13.6. The van der Waals surface area contributed by atoms with E-state index in [4.69, 9.17) is 0 Å². The zero-order valence-corrected chi connectivity index (χ0v) is 15.5. The fourth-order valence-electron chi connectivity index (χ4n) is 4.04. The van der Waals surface area contributed by atoms with Gasteiger partial charge < -0.3 is 5.32 Å². The van der Waals surface area contributed by atoms with Crippen molar-refractivity contribution >= 4 is 16.8 Å². The molecule has 0 saturated heterocycles. The summed E-state index contributed by atoms with van der Waals surface area (Å²) in [5, 5.41) is 9.47. The third-order valence-electron chi connectivity index (χ3n) is 5.52. The monoisotopic (exact) mass is 379 g/mol. The van der Waals surface area contributed by atoms with Gasteiger partial charge in [-0.15, -0.1) is 0 Å². The van der Waals surface area contributed by atoms with Gasteiger partial charge in [-0.25, -0.2) is 4.39 Å². The van der Waals surface area contributed by atoms with Crippen LogP contribution < -0.4 is 10.7 Å². The molecule has 28 heavy (non-hydrogen) atoms. The minimum absolute atomic E-state index is 0.00890. The van der Waals surface area contributed by atoms with Crippen molar-refractivity contribution < 1.29 is 9.18 Å². The number of nitrogens with one attached hydrogen (secondary N) is 2. The van der Waals surface area contributed by atoms with Crippen LogP contribution >= 0.6 is 0 Å². The van der Waals surface area contributed by atoms with Crippen molar-refractivity contribution in [1.29, 1.82) is 0 Å². The molecule has 0 aliphatic heterocycles. The Bertz CT molecular complexity index is 1040. The molecule has 144 valence electrons. The van der Waals surface area contributed by atoms with Crippen molar-refractivity contribution in [2.24, 2.45) is 5.92 Å². The van der Waals surface area contributed by atoms with Gasteiger partial charge in [0, 0.05) is 0 Å². The summed E-state index contributed by atoms with van der Waals surface area (Å²) in [5.41, 5.74) is 0.199. The van der Waals surface area contributed by atoms with Crippen molar-refractivity contribution in [3.8, 4) is 0 Å². The first-order valence-electron chi connectivity index (χ1n) is 9.66. The van der Waals surface area contributed by atoms with Crippen LogP contribution in [0.1, 0.15) is 54.2 Å². The summed E-state index contributed by atoms with van der Waals surface area (Å²) in [6.45, 7) is 0. The van der Waals surface area contributed by atoms with E-state index >= 15 is 0 Å². The Balaban J connectivity index is 1.63. The molecular weight excluding hydrogens is 357 g/mol. The minimum Gasteiger partial charge on any atom is -0.344 e. The summed E-state index contributed by atoms with van der Waals surface area (Å²) in [7, 11) is 0. The number of carbonyl (C=O) groups is 1. The molecule has 1 atom stereocenters. The summed E-state index contributed by atoms with van der Waals surface area (Å²) < 4.78 is 13.8. The second kappa shape index (κ2) is 7.92. The second-order valence-corrected chi connectivity index (χ2v) is 7.39. The van der Waals surface area contributed by atoms with E-state index in [9.17, 15) is 14.0 Å². The minimum atomic E-state index is -0.572. The molecule has 1 amide bonds. The van der Waals surface area contributed by atoms with Gasteiger partial charge >= 0.3 is 0 Å². The average Bonchev–Trinajstić information content (AvgIpc) is 3.22. The van der Waals surface area contributed by atoms with Gasteiger partial charge in [0.15, 0.2) is 5.69 Å². The molecule has 1 fully saturated rings. The smallest absolute Gasteiger partial charge is 0.276 e. The Hall–Kier alpha value is -3.02. The highest BCUT2D eigenvalue weighted by molar-refractivity contribution is 5.95. The van der Waals surface area contributed by atoms with E-state index < -0.39 is 17.2 Å². The summed E-state index contributed by atoms with van der Waals surface area (Å²) in [6.07, 6.45) is 5.59. The molecule has 4 rings (SSSR count). The number of fused-ring (bicyclic) bond motifs is 1. The van der Waals surface area contributed by atoms with Crippen molar-refractivity contribution in [1.82, 2.24) is 15.5 Å². The fraction of sp³-hybridized carbons (Fsp3) is 0.318. The normalized spacial score (nSPS) is 15.6. The van der Waals surface area contributed by atoms with Crippen LogP contribution in [0.2, 0.25) is 0 Å². The van der Waals surface area contributed by atoms with Gasteiger partial charge in [0.1, 0.15) is 11.3 Å². The third-order valence-corrected chi connectivity index (χ3v) is 5.52. The predicted molar refractivity (Wildman–Crippen MR) is 106 cm³/mol. The number of hydrogen-bond donors (Lipinski definition) is 2. The Morgan fingerprint density at radius 1 is 1.14 bits per heavy atom. The maximum Gasteiger partial charge on any atom is 0.276 e. The maximum absolute atomic E-state index is 13.8. The number of benzene rings is 2. The number of carbonyl (C=O) groups excluding carboxylic acids is 1. The molecule has 5 nitrogen and oxygen atoms in total. The molecule has 1 unspecified atom stereocenters. The molecule has 1 aliphatic carbocycles. The number of amides is 1. The SMILES string of the molecule is O=C(NC(CC1CCCC1)c1ccccc1)c1n[nH]c2c(F)cccc2c1=O. The average molecular weight is 379 g/mol. The van der Waals surface area contributed by atoms with Crippen molar-refractivity contribution in [2.45, 2.75) is 38.1 Å². The van der Waals surface area contributed by atoms with Gasteiger partial charge in [0.05, 0.1) is 11.4 Å². The van der Waals surface area contributed by atoms with Gasteiger partial charge in [-0.05, 0) is 30.0 Å². The molecular formula is C22H22FN3O2. The predicted octanol–water partition coefficient (Wildman–Crippen LogP) is 4.11. The third kappa shape index (κ3) is 3.67. The second-order valence-electron chi connectivity index (χ2n) is 7.39. The molecule has 1 saturated carbocycles. The number of hydrogen-bond acceptors (Lipinski definition) is 3. The maximum atomic E-state index is 13.8. The quantitative estimate of drug-likeness (QED) is 0.700. The van der Waals surface area contributed by atoms with Crippen LogP contribution in [0.3, 0.4) is 0 Å². The first-order valence-corrected chi connectivity index (χ1v) is 9.66. The van der Waals surface area contributed by atoms with Gasteiger partial charge in [0.2, 0.25) is 5.43 Å². The Labute approximate surface area is 162 Å². The largest absolute Gasteiger partial charge is 0.344 e. The number of H-pyrrole nitrogens is 1. The Morgan fingerprint density at radius 3 is 2.64 bits per heavy atom. The molecule has 0 spiro atoms. The highest BCUT2D eigenvalue weighted by atomic mass is 19.1. The lowest BCUT2D eigenvalue weighted by Gasteiger charge is -2.22. The van der Waals surface area contributed by atoms with Gasteiger partial charge in [0.25, 0.3) is 5.91 Å². The van der Waals surface area contributed by atoms with Crippen LogP contribution in [0.25, 0.3) is 10.9 Å². The van der Waals surface area contributed by atoms with E-state index in [0.717, 1.165) is 24.8 Å². The first kappa shape index (κ1) is 18.3. The van der Waals surface area contributed by atoms with Crippen molar-refractivity contribution in [2.75, 3.05) is 0 Å². The van der Waals surface area contributed by atoms with E-state index in [1.54, 1.807) is 0 Å². The standard InChI is InChI=1S/C22H22FN3O2/c23-17-12-6-11-16-19(17)25-26-20(21(16)27)22(28)24-18(13-14-7-4-5-8-14)15-9-2-1-3-10-15/h1-3,6,9-12,14,18H,4-5,7-8,13H2,(H,24,28)(H,25,27). The van der Waals surface area contributed by atoms with Crippen LogP contribution in [0.4, 0.5) is 4.39 Å². The van der Waals surface area contributed by atoms with Crippen molar-refractivity contribution in [3.63, 3.8) is 0 Å². The summed E-state index contributed by atoms with van der Waals surface area (Å²) >= 11 is 0. The summed E-state index contributed by atoms with van der Waals surface area (Å²) in [4.78, 5) is 25.5. The molecule has 2 N–H and O–H groups in total. The van der Waals surface area contributed by atoms with Gasteiger partial charge in [-0.1, -0.05) is 62.1 Å².